The number of hydrogen-bond acceptors (Lipinski definition) is 12. The minimum Gasteiger partial charge on any atom is -0.486 e. The van der Waals surface area contributed by atoms with Crippen molar-refractivity contribution in [3.8, 4) is 22.9 Å². The van der Waals surface area contributed by atoms with E-state index in [0.29, 0.717) is 0 Å². The molecule has 8 aromatic rings. The van der Waals surface area contributed by atoms with Crippen LogP contribution in [-0.2, 0) is 0 Å². The molecular weight excluding hydrogens is 801 g/mol. The monoisotopic (exact) mass is 860 g/mol. The van der Waals surface area contributed by atoms with Crippen molar-refractivity contribution in [2.75, 3.05) is 65.2 Å². The Hall–Kier alpha value is -6.90. The van der Waals surface area contributed by atoms with E-state index in [1.807, 2.05) is 160 Å². The van der Waals surface area contributed by atoms with Gasteiger partial charge < -0.3 is 29.9 Å². The van der Waals surface area contributed by atoms with Crippen LogP contribution in [0.15, 0.2) is 109 Å². The van der Waals surface area contributed by atoms with E-state index in [1.54, 1.807) is 0 Å². The summed E-state index contributed by atoms with van der Waals surface area (Å²) in [6.07, 6.45) is 1.68. The smallest absolute Gasteiger partial charge is 0.179 e. The van der Waals surface area contributed by atoms with E-state index < -0.39 is 0 Å². The van der Waals surface area contributed by atoms with Gasteiger partial charge in [-0.05, 0) is 90.3 Å². The van der Waals surface area contributed by atoms with Gasteiger partial charge in [0.25, 0.3) is 0 Å². The third-order valence-corrected chi connectivity index (χ3v) is 11.2. The minimum atomic E-state index is -0.0346. The topological polar surface area (TPSA) is 136 Å². The first kappa shape index (κ1) is 45.1. The first-order valence-corrected chi connectivity index (χ1v) is 21.7. The first-order valence-electron chi connectivity index (χ1n) is 21.7. The molecule has 0 bridgehead atoms. The second kappa shape index (κ2) is 20.5. The number of aromatic nitrogens is 8. The first-order chi connectivity index (χ1) is 31.0. The van der Waals surface area contributed by atoms with Gasteiger partial charge in [-0.15, -0.1) is 10.2 Å². The molecule has 0 saturated carbocycles. The van der Waals surface area contributed by atoms with Gasteiger partial charge in [0.15, 0.2) is 11.6 Å². The Morgan fingerprint density at radius 3 is 1.27 bits per heavy atom. The predicted molar refractivity (Wildman–Crippen MR) is 258 cm³/mol. The summed E-state index contributed by atoms with van der Waals surface area (Å²) >= 11 is 0. The van der Waals surface area contributed by atoms with Gasteiger partial charge in [-0.25, -0.2) is 9.36 Å². The van der Waals surface area contributed by atoms with Crippen molar-refractivity contribution in [3.05, 3.63) is 143 Å². The maximum absolute atomic E-state index is 6.45. The lowest BCUT2D eigenvalue weighted by Gasteiger charge is -2.20. The van der Waals surface area contributed by atoms with Crippen LogP contribution in [0, 0.1) is 27.7 Å². The number of nitrogens with one attached hydrogen (secondary N) is 2. The quantitative estimate of drug-likeness (QED) is 0.0965. The number of aryl methyl sites for hydroxylation is 4. The zero-order valence-corrected chi connectivity index (χ0v) is 38.7. The van der Waals surface area contributed by atoms with Crippen LogP contribution in [-0.4, -0.2) is 95.3 Å². The molecule has 0 radical (unpaired) electrons. The molecule has 0 fully saturated rings. The van der Waals surface area contributed by atoms with Crippen molar-refractivity contribution in [2.45, 2.75) is 52.7 Å². The van der Waals surface area contributed by atoms with E-state index in [-0.39, 0.29) is 12.2 Å². The zero-order chi connectivity index (χ0) is 45.3. The van der Waals surface area contributed by atoms with Crippen molar-refractivity contribution in [3.63, 3.8) is 0 Å². The third-order valence-electron chi connectivity index (χ3n) is 11.2. The molecular formula is C50H60N12O2. The normalized spacial score (nSPS) is 12.2. The summed E-state index contributed by atoms with van der Waals surface area (Å²) in [7, 11) is 11.7. The molecule has 0 aliphatic carbocycles. The molecule has 4 aromatic heterocycles. The molecule has 0 spiro atoms. The highest BCUT2D eigenvalue weighted by Crippen LogP contribution is 2.33. The van der Waals surface area contributed by atoms with Crippen LogP contribution in [0.3, 0.4) is 0 Å². The number of fused-ring (bicyclic) bond motifs is 2. The predicted octanol–water partition coefficient (Wildman–Crippen LogP) is 8.46. The van der Waals surface area contributed by atoms with Crippen molar-refractivity contribution in [2.24, 2.45) is 0 Å². The molecule has 332 valence electrons. The van der Waals surface area contributed by atoms with Crippen molar-refractivity contribution in [1.82, 2.24) is 50.6 Å². The average molecular weight is 861 g/mol. The number of benzene rings is 4. The van der Waals surface area contributed by atoms with Crippen LogP contribution in [0.25, 0.3) is 33.2 Å². The summed E-state index contributed by atoms with van der Waals surface area (Å²) in [4.78, 5) is 3.88. The van der Waals surface area contributed by atoms with Crippen molar-refractivity contribution >= 4 is 33.4 Å². The number of hydrogen-bond donors (Lipinski definition) is 2. The van der Waals surface area contributed by atoms with Crippen LogP contribution >= 0.6 is 0 Å². The van der Waals surface area contributed by atoms with Gasteiger partial charge in [0, 0.05) is 53.2 Å². The zero-order valence-electron chi connectivity index (χ0n) is 38.7. The summed E-state index contributed by atoms with van der Waals surface area (Å²) in [5.74, 6) is 3.14. The molecule has 64 heavy (non-hydrogen) atoms. The summed E-state index contributed by atoms with van der Waals surface area (Å²) in [6, 6.07) is 36.9. The van der Waals surface area contributed by atoms with Gasteiger partial charge in [-0.1, -0.05) is 72.8 Å². The second-order valence-electron chi connectivity index (χ2n) is 16.3. The molecule has 0 unspecified atom stereocenters. The number of nitrogens with zero attached hydrogens (tertiary/aromatic N) is 10. The number of anilines is 2. The molecule has 8 rings (SSSR count). The maximum Gasteiger partial charge on any atom is 0.179 e. The van der Waals surface area contributed by atoms with Crippen LogP contribution < -0.4 is 29.9 Å². The number of ether oxygens (including phenoxy) is 2. The lowest BCUT2D eigenvalue weighted by Crippen LogP contribution is -2.16. The molecule has 0 aliphatic rings. The fourth-order valence-corrected chi connectivity index (χ4v) is 7.91. The standard InChI is InChI=1S/2C25H30N6O/c2*1-17-23-18(2)31(29-24(23)25(28-27-17)30(4)5)20-12-9-13-21(16-20)32-22(14-15-26-3)19-10-7-6-8-11-19/h2*6-13,16,22,26H,14-15H2,1-5H3/t2*22-/m10/s1. The number of rotatable bonds is 16. The van der Waals surface area contributed by atoms with Gasteiger partial charge in [0.2, 0.25) is 0 Å². The van der Waals surface area contributed by atoms with E-state index in [0.717, 1.165) is 116 Å². The lowest BCUT2D eigenvalue weighted by molar-refractivity contribution is 0.195. The molecule has 4 heterocycles. The van der Waals surface area contributed by atoms with Crippen molar-refractivity contribution in [1.29, 1.82) is 0 Å². The van der Waals surface area contributed by atoms with Gasteiger partial charge in [-0.3, -0.25) is 0 Å². The maximum atomic E-state index is 6.45. The van der Waals surface area contributed by atoms with Gasteiger partial charge >= 0.3 is 0 Å². The fraction of sp³-hybridized carbons (Fsp3) is 0.320. The minimum absolute atomic E-state index is 0.0346. The van der Waals surface area contributed by atoms with E-state index in [4.69, 9.17) is 19.7 Å². The van der Waals surface area contributed by atoms with E-state index in [9.17, 15) is 0 Å². The van der Waals surface area contributed by atoms with Crippen LogP contribution in [0.2, 0.25) is 0 Å². The third kappa shape index (κ3) is 9.98. The second-order valence-corrected chi connectivity index (χ2v) is 16.3. The molecule has 14 nitrogen and oxygen atoms in total. The Kier molecular flexibility index (Phi) is 14.5. The highest BCUT2D eigenvalue weighted by molar-refractivity contribution is 5.93. The SMILES string of the molecule is CNCC[C@@H](Oc1cccc(-n2nc3c(N(C)C)nnc(C)c3c2C)c1)c1ccccc1.CNCC[C@H](Oc1cccc(-n2nc3c(N(C)C)nnc(C)c3c2C)c1)c1ccccc1. The van der Waals surface area contributed by atoms with Gasteiger partial charge in [-0.2, -0.15) is 20.4 Å². The van der Waals surface area contributed by atoms with E-state index in [1.165, 1.54) is 0 Å². The molecule has 2 atom stereocenters. The molecule has 0 aliphatic heterocycles. The van der Waals surface area contributed by atoms with Gasteiger partial charge in [0.05, 0.1) is 44.9 Å². The Bertz CT molecular complexity index is 2600. The largest absolute Gasteiger partial charge is 0.486 e. The Labute approximate surface area is 376 Å². The highest BCUT2D eigenvalue weighted by Gasteiger charge is 2.21. The van der Waals surface area contributed by atoms with Crippen LogP contribution in [0.5, 0.6) is 11.5 Å². The Morgan fingerprint density at radius 2 is 0.906 bits per heavy atom. The summed E-state index contributed by atoms with van der Waals surface area (Å²) in [5.41, 5.74) is 9.72. The molecule has 14 heteroatoms. The average Bonchev–Trinajstić information content (AvgIpc) is 3.85. The lowest BCUT2D eigenvalue weighted by atomic mass is 10.1. The van der Waals surface area contributed by atoms with Gasteiger partial charge in [0.1, 0.15) is 34.7 Å². The molecule has 2 N–H and O–H groups in total. The summed E-state index contributed by atoms with van der Waals surface area (Å²) in [5, 5.41) is 35.7. The Balaban J connectivity index is 0.000000191. The molecule has 0 amide bonds. The highest BCUT2D eigenvalue weighted by atomic mass is 16.5. The summed E-state index contributed by atoms with van der Waals surface area (Å²) < 4.78 is 16.8. The molecule has 4 aromatic carbocycles. The Morgan fingerprint density at radius 1 is 0.516 bits per heavy atom. The molecule has 0 saturated heterocycles. The van der Waals surface area contributed by atoms with E-state index >= 15 is 0 Å². The van der Waals surface area contributed by atoms with Crippen LogP contribution in [0.4, 0.5) is 11.6 Å². The summed E-state index contributed by atoms with van der Waals surface area (Å²) in [6.45, 7) is 9.82. The van der Waals surface area contributed by atoms with Crippen molar-refractivity contribution < 1.29 is 9.47 Å². The fourth-order valence-electron chi connectivity index (χ4n) is 7.91. The van der Waals surface area contributed by atoms with E-state index in [2.05, 4.69) is 69.1 Å². The van der Waals surface area contributed by atoms with Crippen LogP contribution in [0.1, 0.15) is 59.0 Å².